The number of fused-ring (bicyclic) bond motifs is 1. The minimum Gasteiger partial charge on any atom is -0.379 e. The fourth-order valence-corrected chi connectivity index (χ4v) is 3.04. The second kappa shape index (κ2) is 7.55. The molecule has 1 atom stereocenters. The van der Waals surface area contributed by atoms with Crippen molar-refractivity contribution in [3.05, 3.63) is 16.5 Å². The molecule has 1 aromatic heterocycles. The summed E-state index contributed by atoms with van der Waals surface area (Å²) in [5, 5.41) is 3.70. The van der Waals surface area contributed by atoms with E-state index in [0.29, 0.717) is 11.9 Å². The molecule has 1 fully saturated rings. The van der Waals surface area contributed by atoms with Gasteiger partial charge >= 0.3 is 0 Å². The van der Waals surface area contributed by atoms with E-state index in [1.54, 1.807) is 0 Å². The Morgan fingerprint density at radius 1 is 1.32 bits per heavy atom. The van der Waals surface area contributed by atoms with Crippen LogP contribution in [0.3, 0.4) is 0 Å². The third kappa shape index (κ3) is 4.07. The van der Waals surface area contributed by atoms with Gasteiger partial charge in [0.15, 0.2) is 0 Å². The van der Waals surface area contributed by atoms with Crippen molar-refractivity contribution >= 4 is 17.4 Å². The Morgan fingerprint density at radius 2 is 2.14 bits per heavy atom. The molecule has 0 aliphatic carbocycles. The van der Waals surface area contributed by atoms with Gasteiger partial charge in [0.25, 0.3) is 0 Å². The van der Waals surface area contributed by atoms with Crippen molar-refractivity contribution in [3.63, 3.8) is 0 Å². The lowest BCUT2D eigenvalue weighted by Crippen LogP contribution is -2.37. The van der Waals surface area contributed by atoms with Gasteiger partial charge in [-0.1, -0.05) is 0 Å². The highest BCUT2D eigenvalue weighted by atomic mass is 35.5. The van der Waals surface area contributed by atoms with Crippen LogP contribution in [-0.4, -0.2) is 60.4 Å². The highest BCUT2D eigenvalue weighted by Gasteiger charge is 2.21. The lowest BCUT2D eigenvalue weighted by atomic mass is 10.1. The van der Waals surface area contributed by atoms with Crippen LogP contribution in [0.4, 0.5) is 5.82 Å². The summed E-state index contributed by atoms with van der Waals surface area (Å²) in [5.41, 5.74) is 2.06. The standard InChI is InChI=1S/C15H23ClN4O2/c1-11-9-13-12(10-22-11)14(19-15(16)18-13)17-3-2-4-20-5-7-21-8-6-20/h11H,2-10H2,1H3,(H,17,18,19). The zero-order valence-corrected chi connectivity index (χ0v) is 13.7. The zero-order valence-electron chi connectivity index (χ0n) is 13.0. The number of rotatable bonds is 5. The Morgan fingerprint density at radius 3 is 2.95 bits per heavy atom. The topological polar surface area (TPSA) is 59.5 Å². The van der Waals surface area contributed by atoms with Gasteiger partial charge in [0.05, 0.1) is 31.6 Å². The van der Waals surface area contributed by atoms with Gasteiger partial charge in [-0.05, 0) is 31.5 Å². The maximum atomic E-state index is 6.04. The number of aromatic nitrogens is 2. The van der Waals surface area contributed by atoms with E-state index in [1.807, 2.05) is 6.92 Å². The number of morpholine rings is 1. The number of nitrogens with zero attached hydrogens (tertiary/aromatic N) is 3. The van der Waals surface area contributed by atoms with Crippen molar-refractivity contribution in [1.82, 2.24) is 14.9 Å². The first-order chi connectivity index (χ1) is 10.7. The molecule has 0 radical (unpaired) electrons. The van der Waals surface area contributed by atoms with E-state index in [1.165, 1.54) is 0 Å². The van der Waals surface area contributed by atoms with Gasteiger partial charge in [-0.25, -0.2) is 9.97 Å². The van der Waals surface area contributed by atoms with Gasteiger partial charge in [-0.15, -0.1) is 0 Å². The second-order valence-corrected chi connectivity index (χ2v) is 6.16. The van der Waals surface area contributed by atoms with E-state index in [0.717, 1.165) is 69.3 Å². The fraction of sp³-hybridized carbons (Fsp3) is 0.733. The SMILES string of the molecule is CC1Cc2nc(Cl)nc(NCCCN3CCOCC3)c2CO1. The molecule has 6 nitrogen and oxygen atoms in total. The van der Waals surface area contributed by atoms with E-state index >= 15 is 0 Å². The van der Waals surface area contributed by atoms with Crippen molar-refractivity contribution < 1.29 is 9.47 Å². The fourth-order valence-electron chi connectivity index (χ4n) is 2.86. The first kappa shape index (κ1) is 15.9. The third-order valence-corrected chi connectivity index (χ3v) is 4.27. The molecule has 2 aliphatic heterocycles. The quantitative estimate of drug-likeness (QED) is 0.657. The van der Waals surface area contributed by atoms with Crippen LogP contribution in [0.2, 0.25) is 5.28 Å². The highest BCUT2D eigenvalue weighted by Crippen LogP contribution is 2.26. The minimum absolute atomic E-state index is 0.188. The summed E-state index contributed by atoms with van der Waals surface area (Å²) in [6.45, 7) is 8.29. The molecule has 1 unspecified atom stereocenters. The molecule has 2 aliphatic rings. The average Bonchev–Trinajstić information content (AvgIpc) is 2.52. The van der Waals surface area contributed by atoms with Crippen LogP contribution in [0, 0.1) is 0 Å². The summed E-state index contributed by atoms with van der Waals surface area (Å²) in [6.07, 6.45) is 2.04. The predicted molar refractivity (Wildman–Crippen MR) is 85.4 cm³/mol. The summed E-state index contributed by atoms with van der Waals surface area (Å²) < 4.78 is 11.1. The molecule has 1 aromatic rings. The Hall–Kier alpha value is -0.950. The smallest absolute Gasteiger partial charge is 0.224 e. The number of hydrogen-bond donors (Lipinski definition) is 1. The minimum atomic E-state index is 0.188. The predicted octanol–water partition coefficient (Wildman–Crippen LogP) is 1.73. The molecule has 1 saturated heterocycles. The first-order valence-corrected chi connectivity index (χ1v) is 8.31. The molecule has 1 N–H and O–H groups in total. The Kier molecular flexibility index (Phi) is 5.46. The van der Waals surface area contributed by atoms with Crippen LogP contribution >= 0.6 is 11.6 Å². The summed E-state index contributed by atoms with van der Waals surface area (Å²) in [6, 6.07) is 0. The summed E-state index contributed by atoms with van der Waals surface area (Å²) in [5.74, 6) is 0.823. The van der Waals surface area contributed by atoms with Gasteiger partial charge in [0, 0.05) is 31.6 Å². The molecule has 0 spiro atoms. The molecular weight excluding hydrogens is 304 g/mol. The van der Waals surface area contributed by atoms with E-state index in [-0.39, 0.29) is 6.10 Å². The number of ether oxygens (including phenoxy) is 2. The molecule has 7 heteroatoms. The lowest BCUT2D eigenvalue weighted by molar-refractivity contribution is 0.0377. The Balaban J connectivity index is 1.53. The van der Waals surface area contributed by atoms with Gasteiger partial charge in [-0.3, -0.25) is 4.90 Å². The first-order valence-electron chi connectivity index (χ1n) is 7.93. The van der Waals surface area contributed by atoms with Crippen LogP contribution in [0.15, 0.2) is 0 Å². The third-order valence-electron chi connectivity index (χ3n) is 4.11. The summed E-state index contributed by atoms with van der Waals surface area (Å²) in [7, 11) is 0. The normalized spacial score (nSPS) is 22.4. The van der Waals surface area contributed by atoms with Gasteiger partial charge in [0.1, 0.15) is 5.82 Å². The maximum Gasteiger partial charge on any atom is 0.224 e. The Labute approximate surface area is 136 Å². The summed E-state index contributed by atoms with van der Waals surface area (Å²) >= 11 is 6.04. The van der Waals surface area contributed by atoms with Gasteiger partial charge in [-0.2, -0.15) is 0 Å². The molecule has 0 bridgehead atoms. The second-order valence-electron chi connectivity index (χ2n) is 5.83. The lowest BCUT2D eigenvalue weighted by Gasteiger charge is -2.27. The number of nitrogens with one attached hydrogen (secondary N) is 1. The van der Waals surface area contributed by atoms with E-state index in [9.17, 15) is 0 Å². The molecule has 3 rings (SSSR count). The highest BCUT2D eigenvalue weighted by molar-refractivity contribution is 6.28. The van der Waals surface area contributed by atoms with Crippen LogP contribution < -0.4 is 5.32 Å². The summed E-state index contributed by atoms with van der Waals surface area (Å²) in [4.78, 5) is 11.1. The van der Waals surface area contributed by atoms with Crippen LogP contribution in [-0.2, 0) is 22.5 Å². The molecule has 22 heavy (non-hydrogen) atoms. The molecule has 0 saturated carbocycles. The van der Waals surface area contributed by atoms with Crippen molar-refractivity contribution in [2.45, 2.75) is 32.5 Å². The van der Waals surface area contributed by atoms with Crippen molar-refractivity contribution in [1.29, 1.82) is 0 Å². The Bertz CT molecular complexity index is 509. The largest absolute Gasteiger partial charge is 0.379 e. The van der Waals surface area contributed by atoms with E-state index in [2.05, 4.69) is 20.2 Å². The molecular formula is C15H23ClN4O2. The van der Waals surface area contributed by atoms with Crippen LogP contribution in [0.1, 0.15) is 24.6 Å². The van der Waals surface area contributed by atoms with Gasteiger partial charge in [0.2, 0.25) is 5.28 Å². The van der Waals surface area contributed by atoms with Crippen molar-refractivity contribution in [2.75, 3.05) is 44.7 Å². The van der Waals surface area contributed by atoms with E-state index < -0.39 is 0 Å². The van der Waals surface area contributed by atoms with Crippen molar-refractivity contribution in [2.24, 2.45) is 0 Å². The molecule has 0 amide bonds. The molecule has 122 valence electrons. The van der Waals surface area contributed by atoms with Crippen molar-refractivity contribution in [3.8, 4) is 0 Å². The molecule has 0 aromatic carbocycles. The number of halogens is 1. The maximum absolute atomic E-state index is 6.04. The van der Waals surface area contributed by atoms with Crippen LogP contribution in [0.25, 0.3) is 0 Å². The average molecular weight is 327 g/mol. The van der Waals surface area contributed by atoms with Crippen LogP contribution in [0.5, 0.6) is 0 Å². The number of hydrogen-bond acceptors (Lipinski definition) is 6. The monoisotopic (exact) mass is 326 g/mol. The molecule has 3 heterocycles. The van der Waals surface area contributed by atoms with Gasteiger partial charge < -0.3 is 14.8 Å². The zero-order chi connectivity index (χ0) is 15.4. The van der Waals surface area contributed by atoms with E-state index in [4.69, 9.17) is 21.1 Å². The number of anilines is 1.